The molecule has 1 aromatic rings. The van der Waals surface area contributed by atoms with E-state index in [1.165, 1.54) is 9.21 Å². The van der Waals surface area contributed by atoms with Crippen molar-refractivity contribution in [1.82, 2.24) is 9.21 Å². The quantitative estimate of drug-likeness (QED) is 0.780. The zero-order valence-electron chi connectivity index (χ0n) is 13.5. The Balaban J connectivity index is 2.25. The van der Waals surface area contributed by atoms with E-state index in [4.69, 9.17) is 0 Å². The molecule has 1 amide bonds. The standard InChI is InChI=1S/C15H20N2O6S/c1-3-24(22,23)17-6-4-16(5-7-17)15(21)11-9-13(19)14(20)12(18)8-10(11)2/h8-9H,3-7H2,1-2H3,(H2,18,19,20). The third kappa shape index (κ3) is 3.51. The van der Waals surface area contributed by atoms with Crippen LogP contribution < -0.4 is 5.43 Å². The summed E-state index contributed by atoms with van der Waals surface area (Å²) in [7, 11) is -3.29. The maximum Gasteiger partial charge on any atom is 0.261 e. The van der Waals surface area contributed by atoms with Crippen molar-refractivity contribution >= 4 is 15.9 Å². The molecule has 132 valence electrons. The minimum Gasteiger partial charge on any atom is -0.504 e. The molecule has 0 bridgehead atoms. The molecule has 1 fully saturated rings. The first kappa shape index (κ1) is 18.2. The highest BCUT2D eigenvalue weighted by atomic mass is 32.2. The molecule has 0 radical (unpaired) electrons. The largest absolute Gasteiger partial charge is 0.504 e. The second-order valence-corrected chi connectivity index (χ2v) is 7.83. The molecule has 0 unspecified atom stereocenters. The molecule has 9 heteroatoms. The number of carbonyl (C=O) groups is 1. The van der Waals surface area contributed by atoms with Gasteiger partial charge < -0.3 is 15.1 Å². The monoisotopic (exact) mass is 356 g/mol. The fourth-order valence-electron chi connectivity index (χ4n) is 2.55. The Hall–Kier alpha value is -2.13. The van der Waals surface area contributed by atoms with Crippen LogP contribution in [0.5, 0.6) is 11.5 Å². The Morgan fingerprint density at radius 3 is 2.21 bits per heavy atom. The van der Waals surface area contributed by atoms with E-state index in [2.05, 4.69) is 0 Å². The Morgan fingerprint density at radius 1 is 1.12 bits per heavy atom. The Morgan fingerprint density at radius 2 is 1.67 bits per heavy atom. The van der Waals surface area contributed by atoms with Gasteiger partial charge in [0.2, 0.25) is 10.0 Å². The minimum absolute atomic E-state index is 0.00794. The summed E-state index contributed by atoms with van der Waals surface area (Å²) < 4.78 is 25.0. The lowest BCUT2D eigenvalue weighted by molar-refractivity contribution is 0.0697. The van der Waals surface area contributed by atoms with Crippen molar-refractivity contribution in [2.45, 2.75) is 13.8 Å². The van der Waals surface area contributed by atoms with Crippen LogP contribution in [0.3, 0.4) is 0 Å². The average molecular weight is 356 g/mol. The van der Waals surface area contributed by atoms with Crippen molar-refractivity contribution in [2.24, 2.45) is 0 Å². The van der Waals surface area contributed by atoms with Crippen molar-refractivity contribution in [3.63, 3.8) is 0 Å². The van der Waals surface area contributed by atoms with E-state index in [1.807, 2.05) is 0 Å². The molecular formula is C15H20N2O6S. The molecule has 1 aliphatic heterocycles. The lowest BCUT2D eigenvalue weighted by Crippen LogP contribution is -2.50. The molecule has 0 atom stereocenters. The zero-order chi connectivity index (χ0) is 18.1. The molecular weight excluding hydrogens is 336 g/mol. The number of hydrogen-bond donors (Lipinski definition) is 2. The van der Waals surface area contributed by atoms with E-state index in [0.29, 0.717) is 5.56 Å². The third-order valence-corrected chi connectivity index (χ3v) is 5.92. The van der Waals surface area contributed by atoms with Gasteiger partial charge in [0.15, 0.2) is 11.5 Å². The van der Waals surface area contributed by atoms with E-state index in [-0.39, 0.29) is 37.5 Å². The number of hydrogen-bond acceptors (Lipinski definition) is 6. The van der Waals surface area contributed by atoms with Crippen molar-refractivity contribution in [1.29, 1.82) is 0 Å². The number of sulfonamides is 1. The van der Waals surface area contributed by atoms with Crippen LogP contribution in [0.2, 0.25) is 0 Å². The van der Waals surface area contributed by atoms with Crippen LogP contribution in [0.4, 0.5) is 0 Å². The molecule has 0 spiro atoms. The van der Waals surface area contributed by atoms with Gasteiger partial charge in [0.25, 0.3) is 11.3 Å². The number of rotatable bonds is 3. The van der Waals surface area contributed by atoms with E-state index in [0.717, 1.165) is 12.1 Å². The van der Waals surface area contributed by atoms with Crippen molar-refractivity contribution in [3.05, 3.63) is 33.5 Å². The first-order valence-corrected chi connectivity index (χ1v) is 9.12. The molecule has 24 heavy (non-hydrogen) atoms. The summed E-state index contributed by atoms with van der Waals surface area (Å²) in [5.74, 6) is -1.76. The maximum absolute atomic E-state index is 12.6. The molecule has 1 aromatic carbocycles. The molecule has 1 heterocycles. The van der Waals surface area contributed by atoms with Gasteiger partial charge in [-0.2, -0.15) is 4.31 Å². The molecule has 0 saturated carbocycles. The second kappa shape index (κ2) is 6.78. The summed E-state index contributed by atoms with van der Waals surface area (Å²) in [6.45, 7) is 3.94. The number of amides is 1. The van der Waals surface area contributed by atoms with Gasteiger partial charge >= 0.3 is 0 Å². The summed E-state index contributed by atoms with van der Waals surface area (Å²) in [5, 5.41) is 19.2. The van der Waals surface area contributed by atoms with E-state index >= 15 is 0 Å². The number of aromatic hydroxyl groups is 2. The van der Waals surface area contributed by atoms with Crippen molar-refractivity contribution < 1.29 is 23.4 Å². The fourth-order valence-corrected chi connectivity index (χ4v) is 3.63. The molecule has 1 aliphatic rings. The Bertz CT molecular complexity index is 813. The van der Waals surface area contributed by atoms with Crippen molar-refractivity contribution in [3.8, 4) is 11.5 Å². The van der Waals surface area contributed by atoms with Crippen LogP contribution in [0.15, 0.2) is 16.9 Å². The van der Waals surface area contributed by atoms with Crippen LogP contribution in [0.25, 0.3) is 0 Å². The Kier molecular flexibility index (Phi) is 5.14. The molecule has 1 saturated heterocycles. The summed E-state index contributed by atoms with van der Waals surface area (Å²) in [4.78, 5) is 25.6. The average Bonchev–Trinajstić information content (AvgIpc) is 2.66. The van der Waals surface area contributed by atoms with Crippen LogP contribution in [-0.4, -0.2) is 65.7 Å². The van der Waals surface area contributed by atoms with Gasteiger partial charge in [-0.05, 0) is 31.5 Å². The van der Waals surface area contributed by atoms with Gasteiger partial charge in [0.05, 0.1) is 5.75 Å². The van der Waals surface area contributed by atoms with E-state index < -0.39 is 32.9 Å². The van der Waals surface area contributed by atoms with E-state index in [9.17, 15) is 28.2 Å². The first-order valence-electron chi connectivity index (χ1n) is 7.51. The number of nitrogens with zero attached hydrogens (tertiary/aromatic N) is 2. The minimum atomic E-state index is -3.29. The SMILES string of the molecule is CCS(=O)(=O)N1CCN(C(=O)c2cc(O)c(=O)c(O)cc2C)CC1. The van der Waals surface area contributed by atoms with Gasteiger partial charge in [-0.15, -0.1) is 0 Å². The van der Waals surface area contributed by atoms with Crippen LogP contribution in [0.1, 0.15) is 22.8 Å². The van der Waals surface area contributed by atoms with Gasteiger partial charge in [0.1, 0.15) is 0 Å². The second-order valence-electron chi connectivity index (χ2n) is 5.58. The van der Waals surface area contributed by atoms with Gasteiger partial charge in [0, 0.05) is 31.7 Å². The fraction of sp³-hybridized carbons (Fsp3) is 0.467. The highest BCUT2D eigenvalue weighted by Crippen LogP contribution is 2.19. The van der Waals surface area contributed by atoms with Crippen LogP contribution in [-0.2, 0) is 10.0 Å². The molecule has 2 rings (SSSR count). The summed E-state index contributed by atoms with van der Waals surface area (Å²) in [6, 6.07) is 2.17. The molecule has 2 N–H and O–H groups in total. The van der Waals surface area contributed by atoms with Gasteiger partial charge in [-0.25, -0.2) is 8.42 Å². The van der Waals surface area contributed by atoms with Crippen LogP contribution in [0, 0.1) is 6.92 Å². The number of aryl methyl sites for hydroxylation is 1. The zero-order valence-corrected chi connectivity index (χ0v) is 14.3. The predicted octanol–water partition coefficient (Wildman–Crippen LogP) is -0.126. The van der Waals surface area contributed by atoms with Crippen molar-refractivity contribution in [2.75, 3.05) is 31.9 Å². The molecule has 8 nitrogen and oxygen atoms in total. The number of carbonyl (C=O) groups excluding carboxylic acids is 1. The third-order valence-electron chi connectivity index (χ3n) is 4.04. The maximum atomic E-state index is 12.6. The smallest absolute Gasteiger partial charge is 0.261 e. The molecule has 0 aliphatic carbocycles. The van der Waals surface area contributed by atoms with Gasteiger partial charge in [-0.3, -0.25) is 9.59 Å². The lowest BCUT2D eigenvalue weighted by atomic mass is 10.1. The first-order chi connectivity index (χ1) is 11.2. The predicted molar refractivity (Wildman–Crippen MR) is 87.7 cm³/mol. The van der Waals surface area contributed by atoms with Gasteiger partial charge in [-0.1, -0.05) is 0 Å². The Labute approximate surface area is 140 Å². The topological polar surface area (TPSA) is 115 Å². The summed E-state index contributed by atoms with van der Waals surface area (Å²) >= 11 is 0. The normalized spacial score (nSPS) is 16.2. The molecule has 0 aromatic heterocycles. The lowest BCUT2D eigenvalue weighted by Gasteiger charge is -2.34. The van der Waals surface area contributed by atoms with E-state index in [1.54, 1.807) is 13.8 Å². The van der Waals surface area contributed by atoms with Crippen LogP contribution >= 0.6 is 0 Å². The number of piperazine rings is 1. The summed E-state index contributed by atoms with van der Waals surface area (Å²) in [5.41, 5.74) is -0.508. The highest BCUT2D eigenvalue weighted by Gasteiger charge is 2.28. The highest BCUT2D eigenvalue weighted by molar-refractivity contribution is 7.89. The summed E-state index contributed by atoms with van der Waals surface area (Å²) in [6.07, 6.45) is 0.